The molecule has 1 heterocycles. The van der Waals surface area contributed by atoms with Gasteiger partial charge in [-0.2, -0.15) is 0 Å². The molecule has 0 amide bonds. The van der Waals surface area contributed by atoms with Gasteiger partial charge in [0.05, 0.1) is 6.04 Å². The van der Waals surface area contributed by atoms with E-state index < -0.39 is 12.1 Å². The number of nitrogens with zero attached hydrogens (tertiary/aromatic N) is 1. The number of aryl methyl sites for hydroxylation is 2. The minimum absolute atomic E-state index is 0.188. The van der Waals surface area contributed by atoms with Crippen LogP contribution in [0.4, 0.5) is 0 Å². The quantitative estimate of drug-likeness (QED) is 0.203. The van der Waals surface area contributed by atoms with Crippen molar-refractivity contribution in [3.8, 4) is 17.0 Å². The summed E-state index contributed by atoms with van der Waals surface area (Å²) in [5.74, 6) is -0.420. The van der Waals surface area contributed by atoms with Crippen LogP contribution in [0.3, 0.4) is 0 Å². The summed E-state index contributed by atoms with van der Waals surface area (Å²) in [5.41, 5.74) is 7.01. The highest BCUT2D eigenvalue weighted by Gasteiger charge is 2.20. The summed E-state index contributed by atoms with van der Waals surface area (Å²) >= 11 is 0. The molecule has 2 atom stereocenters. The maximum Gasteiger partial charge on any atom is 0.345 e. The standard InChI is InChI=1S/C33H37NO3/c1-4-5-7-10-26-14-16-28(17-15-26)25(3)34-24(2)13-22-31(34)29-18-20-30(21-19-29)37-32(33(35)36)23-27-11-8-6-9-12-27/h6,8-9,11-22,25,32H,4-5,7,10,23H2,1-3H3,(H,35,36)/t25?,32-/m1/s1. The number of aromatic nitrogens is 1. The third-order valence-electron chi connectivity index (χ3n) is 7.01. The van der Waals surface area contributed by atoms with Crippen molar-refractivity contribution in [1.82, 2.24) is 4.57 Å². The molecule has 192 valence electrons. The molecule has 4 aromatic rings. The summed E-state index contributed by atoms with van der Waals surface area (Å²) in [4.78, 5) is 11.8. The van der Waals surface area contributed by atoms with Gasteiger partial charge in [0.2, 0.25) is 0 Å². The van der Waals surface area contributed by atoms with Gasteiger partial charge in [-0.3, -0.25) is 0 Å². The molecule has 4 heteroatoms. The lowest BCUT2D eigenvalue weighted by Crippen LogP contribution is -2.29. The Balaban J connectivity index is 1.49. The average Bonchev–Trinajstić information content (AvgIpc) is 3.30. The third kappa shape index (κ3) is 6.71. The minimum Gasteiger partial charge on any atom is -0.478 e. The van der Waals surface area contributed by atoms with Crippen molar-refractivity contribution >= 4 is 5.97 Å². The number of rotatable bonds is 12. The average molecular weight is 496 g/mol. The maximum atomic E-state index is 11.8. The molecule has 0 radical (unpaired) electrons. The van der Waals surface area contributed by atoms with E-state index in [1.807, 2.05) is 54.6 Å². The molecule has 0 aliphatic carbocycles. The zero-order chi connectivity index (χ0) is 26.2. The molecule has 4 nitrogen and oxygen atoms in total. The lowest BCUT2D eigenvalue weighted by molar-refractivity contribution is -0.145. The van der Waals surface area contributed by atoms with E-state index in [-0.39, 0.29) is 6.04 Å². The van der Waals surface area contributed by atoms with Gasteiger partial charge in [-0.1, -0.05) is 74.4 Å². The maximum absolute atomic E-state index is 11.8. The molecule has 1 aromatic heterocycles. The van der Waals surface area contributed by atoms with Crippen LogP contribution in [-0.4, -0.2) is 21.7 Å². The van der Waals surface area contributed by atoms with Crippen molar-refractivity contribution in [2.75, 3.05) is 0 Å². The van der Waals surface area contributed by atoms with E-state index >= 15 is 0 Å². The second kappa shape index (κ2) is 12.4. The number of unbranched alkanes of at least 4 members (excludes halogenated alkanes) is 2. The third-order valence-corrected chi connectivity index (χ3v) is 7.01. The van der Waals surface area contributed by atoms with Gasteiger partial charge in [0, 0.05) is 17.8 Å². The van der Waals surface area contributed by atoms with E-state index in [0.29, 0.717) is 12.2 Å². The highest BCUT2D eigenvalue weighted by atomic mass is 16.5. The van der Waals surface area contributed by atoms with Gasteiger partial charge in [-0.05, 0) is 85.3 Å². The first-order valence-electron chi connectivity index (χ1n) is 13.3. The summed E-state index contributed by atoms with van der Waals surface area (Å²) in [5, 5.41) is 9.68. The van der Waals surface area contributed by atoms with E-state index in [4.69, 9.17) is 4.74 Å². The van der Waals surface area contributed by atoms with Crippen LogP contribution in [0, 0.1) is 6.92 Å². The van der Waals surface area contributed by atoms with Crippen LogP contribution >= 0.6 is 0 Å². The lowest BCUT2D eigenvalue weighted by Gasteiger charge is -2.21. The van der Waals surface area contributed by atoms with Crippen molar-refractivity contribution in [3.05, 3.63) is 113 Å². The van der Waals surface area contributed by atoms with E-state index in [1.54, 1.807) is 0 Å². The fourth-order valence-corrected chi connectivity index (χ4v) is 4.87. The molecule has 37 heavy (non-hydrogen) atoms. The highest BCUT2D eigenvalue weighted by Crippen LogP contribution is 2.31. The number of benzene rings is 3. The topological polar surface area (TPSA) is 51.5 Å². The Morgan fingerprint density at radius 2 is 1.57 bits per heavy atom. The van der Waals surface area contributed by atoms with Crippen molar-refractivity contribution < 1.29 is 14.6 Å². The van der Waals surface area contributed by atoms with Gasteiger partial charge in [-0.15, -0.1) is 0 Å². The summed E-state index contributed by atoms with van der Waals surface area (Å²) < 4.78 is 8.22. The first-order valence-corrected chi connectivity index (χ1v) is 13.3. The zero-order valence-corrected chi connectivity index (χ0v) is 22.1. The molecule has 3 aromatic carbocycles. The van der Waals surface area contributed by atoms with Gasteiger partial charge in [0.15, 0.2) is 6.10 Å². The predicted molar refractivity (Wildman–Crippen MR) is 150 cm³/mol. The Kier molecular flexibility index (Phi) is 8.84. The molecule has 0 aliphatic heterocycles. The fourth-order valence-electron chi connectivity index (χ4n) is 4.87. The molecule has 0 aliphatic rings. The highest BCUT2D eigenvalue weighted by molar-refractivity contribution is 5.73. The van der Waals surface area contributed by atoms with Gasteiger partial charge in [-0.25, -0.2) is 4.79 Å². The summed E-state index contributed by atoms with van der Waals surface area (Å²) in [6.45, 7) is 6.61. The molecule has 4 rings (SSSR count). The van der Waals surface area contributed by atoms with Crippen LogP contribution < -0.4 is 4.74 Å². The number of hydrogen-bond acceptors (Lipinski definition) is 2. The molecule has 0 spiro atoms. The first-order chi connectivity index (χ1) is 18.0. The molecule has 0 bridgehead atoms. The molecule has 0 fully saturated rings. The summed E-state index contributed by atoms with van der Waals surface area (Å²) in [6.07, 6.45) is 4.27. The van der Waals surface area contributed by atoms with Crippen molar-refractivity contribution in [2.24, 2.45) is 0 Å². The molecular weight excluding hydrogens is 458 g/mol. The van der Waals surface area contributed by atoms with Crippen LogP contribution in [0.25, 0.3) is 11.3 Å². The SMILES string of the molecule is CCCCCc1ccc(C(C)n2c(C)ccc2-c2ccc(O[C@H](Cc3ccccc3)C(=O)O)cc2)cc1. The lowest BCUT2D eigenvalue weighted by atomic mass is 10.0. The van der Waals surface area contributed by atoms with Gasteiger partial charge in [0.1, 0.15) is 5.75 Å². The molecule has 0 saturated heterocycles. The van der Waals surface area contributed by atoms with Crippen LogP contribution in [0.5, 0.6) is 5.75 Å². The summed E-state index contributed by atoms with van der Waals surface area (Å²) in [7, 11) is 0. The Bertz CT molecular complexity index is 1270. The van der Waals surface area contributed by atoms with E-state index in [2.05, 4.69) is 61.7 Å². The van der Waals surface area contributed by atoms with Crippen LogP contribution in [0.2, 0.25) is 0 Å². The molecule has 1 unspecified atom stereocenters. The van der Waals surface area contributed by atoms with Crippen molar-refractivity contribution in [3.63, 3.8) is 0 Å². The van der Waals surface area contributed by atoms with Crippen molar-refractivity contribution in [2.45, 2.75) is 65.0 Å². The number of carboxylic acids is 1. The van der Waals surface area contributed by atoms with E-state index in [0.717, 1.165) is 23.2 Å². The Morgan fingerprint density at radius 3 is 2.22 bits per heavy atom. The Morgan fingerprint density at radius 1 is 0.865 bits per heavy atom. The summed E-state index contributed by atoms with van der Waals surface area (Å²) in [6, 6.07) is 30.8. The molecular formula is C33H37NO3. The van der Waals surface area contributed by atoms with Crippen LogP contribution in [0.1, 0.15) is 61.5 Å². The van der Waals surface area contributed by atoms with Crippen LogP contribution in [-0.2, 0) is 17.6 Å². The number of carboxylic acid groups (broad SMARTS) is 1. The largest absolute Gasteiger partial charge is 0.478 e. The number of hydrogen-bond donors (Lipinski definition) is 1. The zero-order valence-electron chi connectivity index (χ0n) is 22.1. The monoisotopic (exact) mass is 495 g/mol. The first kappa shape index (κ1) is 26.3. The number of ether oxygens (including phenoxy) is 1. The van der Waals surface area contributed by atoms with Gasteiger partial charge < -0.3 is 14.4 Å². The second-order valence-corrected chi connectivity index (χ2v) is 9.76. The number of aliphatic carboxylic acids is 1. The number of carbonyl (C=O) groups is 1. The van der Waals surface area contributed by atoms with E-state index in [9.17, 15) is 9.90 Å². The van der Waals surface area contributed by atoms with Crippen molar-refractivity contribution in [1.29, 1.82) is 0 Å². The van der Waals surface area contributed by atoms with Gasteiger partial charge in [0.25, 0.3) is 0 Å². The molecule has 0 saturated carbocycles. The predicted octanol–water partition coefficient (Wildman–Crippen LogP) is 7.88. The van der Waals surface area contributed by atoms with E-state index in [1.165, 1.54) is 36.1 Å². The van der Waals surface area contributed by atoms with Gasteiger partial charge >= 0.3 is 5.97 Å². The Labute approximate surface area is 220 Å². The Hall–Kier alpha value is -3.79. The smallest absolute Gasteiger partial charge is 0.345 e. The fraction of sp³-hybridized carbons (Fsp3) is 0.303. The normalized spacial score (nSPS) is 12.7. The molecule has 1 N–H and O–H groups in total. The van der Waals surface area contributed by atoms with Crippen LogP contribution in [0.15, 0.2) is 91.0 Å². The second-order valence-electron chi connectivity index (χ2n) is 9.76. The minimum atomic E-state index is -0.970.